The van der Waals surface area contributed by atoms with Gasteiger partial charge in [0.25, 0.3) is 0 Å². The number of hydrogen-bond acceptors (Lipinski definition) is 2. The number of carbonyl (C=O) groups excluding carboxylic acids is 1. The first kappa shape index (κ1) is 9.06. The van der Waals surface area contributed by atoms with Crippen LogP contribution in [0.5, 0.6) is 0 Å². The molecule has 74 valence electrons. The molecule has 1 heterocycles. The van der Waals surface area contributed by atoms with Gasteiger partial charge in [-0.1, -0.05) is 0 Å². The monoisotopic (exact) mass is 191 g/mol. The van der Waals surface area contributed by atoms with E-state index in [0.717, 1.165) is 18.6 Å². The molecule has 0 aromatic carbocycles. The van der Waals surface area contributed by atoms with Gasteiger partial charge in [0.15, 0.2) is 0 Å². The molecule has 0 unspecified atom stereocenters. The Morgan fingerprint density at radius 3 is 2.93 bits per heavy atom. The van der Waals surface area contributed by atoms with Crippen molar-refractivity contribution >= 4 is 12.0 Å². The molecule has 3 heteroatoms. The number of amides is 1. The fourth-order valence-corrected chi connectivity index (χ4v) is 1.18. The predicted molar refractivity (Wildman–Crippen MR) is 53.6 cm³/mol. The van der Waals surface area contributed by atoms with Crippen LogP contribution in [0.3, 0.4) is 0 Å². The van der Waals surface area contributed by atoms with E-state index in [1.807, 2.05) is 19.1 Å². The summed E-state index contributed by atoms with van der Waals surface area (Å²) >= 11 is 0. The van der Waals surface area contributed by atoms with Crippen molar-refractivity contribution in [1.29, 1.82) is 0 Å². The average Bonchev–Trinajstić information content (AvgIpc) is 2.85. The number of furan rings is 1. The summed E-state index contributed by atoms with van der Waals surface area (Å²) in [4.78, 5) is 11.2. The summed E-state index contributed by atoms with van der Waals surface area (Å²) in [5.74, 6) is 1.53. The van der Waals surface area contributed by atoms with E-state index in [-0.39, 0.29) is 5.91 Å². The SMILES string of the molecule is Cc1ccc(/C=C\C(=O)NC2CC2)o1. The number of carbonyl (C=O) groups is 1. The molecule has 0 aliphatic heterocycles. The van der Waals surface area contributed by atoms with Gasteiger partial charge in [0.05, 0.1) is 0 Å². The van der Waals surface area contributed by atoms with E-state index >= 15 is 0 Å². The molecule has 3 nitrogen and oxygen atoms in total. The summed E-state index contributed by atoms with van der Waals surface area (Å²) < 4.78 is 5.29. The molecule has 1 aliphatic carbocycles. The van der Waals surface area contributed by atoms with E-state index in [1.165, 1.54) is 6.08 Å². The zero-order chi connectivity index (χ0) is 9.97. The summed E-state index contributed by atoms with van der Waals surface area (Å²) in [6, 6.07) is 4.12. The first-order chi connectivity index (χ1) is 6.74. The summed E-state index contributed by atoms with van der Waals surface area (Å²) in [6.45, 7) is 1.88. The number of rotatable bonds is 3. The lowest BCUT2D eigenvalue weighted by molar-refractivity contribution is -0.116. The van der Waals surface area contributed by atoms with Gasteiger partial charge in [0, 0.05) is 12.1 Å². The molecule has 2 rings (SSSR count). The fraction of sp³-hybridized carbons (Fsp3) is 0.364. The van der Waals surface area contributed by atoms with E-state index < -0.39 is 0 Å². The van der Waals surface area contributed by atoms with E-state index in [4.69, 9.17) is 4.42 Å². The van der Waals surface area contributed by atoms with E-state index in [0.29, 0.717) is 11.8 Å². The van der Waals surface area contributed by atoms with Crippen molar-refractivity contribution in [3.05, 3.63) is 29.7 Å². The molecule has 1 aliphatic rings. The van der Waals surface area contributed by atoms with Crippen molar-refractivity contribution < 1.29 is 9.21 Å². The van der Waals surface area contributed by atoms with Gasteiger partial charge in [-0.15, -0.1) is 0 Å². The standard InChI is InChI=1S/C11H13NO2/c1-8-2-5-10(14-8)6-7-11(13)12-9-3-4-9/h2,5-7,9H,3-4H2,1H3,(H,12,13)/b7-6-. The highest BCUT2D eigenvalue weighted by Gasteiger charge is 2.21. The Bertz CT molecular complexity index is 361. The molecule has 1 aromatic rings. The molecular formula is C11H13NO2. The topological polar surface area (TPSA) is 42.2 Å². The zero-order valence-electron chi connectivity index (χ0n) is 8.12. The van der Waals surface area contributed by atoms with Crippen LogP contribution in [-0.2, 0) is 4.79 Å². The summed E-state index contributed by atoms with van der Waals surface area (Å²) in [7, 11) is 0. The van der Waals surface area contributed by atoms with Crippen LogP contribution in [0.25, 0.3) is 6.08 Å². The smallest absolute Gasteiger partial charge is 0.244 e. The summed E-state index contributed by atoms with van der Waals surface area (Å²) in [6.07, 6.45) is 5.42. The zero-order valence-corrected chi connectivity index (χ0v) is 8.12. The van der Waals surface area contributed by atoms with Crippen LogP contribution in [0.4, 0.5) is 0 Å². The molecule has 14 heavy (non-hydrogen) atoms. The van der Waals surface area contributed by atoms with Crippen LogP contribution in [0.2, 0.25) is 0 Å². The highest BCUT2D eigenvalue weighted by Crippen LogP contribution is 2.18. The molecule has 0 radical (unpaired) electrons. The number of hydrogen-bond donors (Lipinski definition) is 1. The van der Waals surface area contributed by atoms with Crippen molar-refractivity contribution in [1.82, 2.24) is 5.32 Å². The maximum atomic E-state index is 11.2. The van der Waals surface area contributed by atoms with Gasteiger partial charge in [0.1, 0.15) is 11.5 Å². The molecule has 1 amide bonds. The van der Waals surface area contributed by atoms with E-state index in [1.54, 1.807) is 6.08 Å². The van der Waals surface area contributed by atoms with Crippen LogP contribution in [0.15, 0.2) is 22.6 Å². The molecule has 1 saturated carbocycles. The van der Waals surface area contributed by atoms with Gasteiger partial charge in [0.2, 0.25) is 5.91 Å². The van der Waals surface area contributed by atoms with Crippen LogP contribution < -0.4 is 5.32 Å². The van der Waals surface area contributed by atoms with Crippen molar-refractivity contribution in [3.8, 4) is 0 Å². The molecule has 0 bridgehead atoms. The van der Waals surface area contributed by atoms with Crippen molar-refractivity contribution in [3.63, 3.8) is 0 Å². The maximum absolute atomic E-state index is 11.2. The van der Waals surface area contributed by atoms with Gasteiger partial charge in [-0.2, -0.15) is 0 Å². The molecule has 0 atom stereocenters. The lowest BCUT2D eigenvalue weighted by Crippen LogP contribution is -2.22. The summed E-state index contributed by atoms with van der Waals surface area (Å²) in [5.41, 5.74) is 0. The highest BCUT2D eigenvalue weighted by atomic mass is 16.3. The Labute approximate surface area is 82.8 Å². The lowest BCUT2D eigenvalue weighted by atomic mass is 10.4. The first-order valence-electron chi connectivity index (χ1n) is 4.79. The van der Waals surface area contributed by atoms with Crippen molar-refractivity contribution in [2.45, 2.75) is 25.8 Å². The lowest BCUT2D eigenvalue weighted by Gasteiger charge is -1.95. The number of nitrogens with one attached hydrogen (secondary N) is 1. The minimum Gasteiger partial charge on any atom is -0.462 e. The molecule has 0 spiro atoms. The van der Waals surface area contributed by atoms with Crippen LogP contribution in [-0.4, -0.2) is 11.9 Å². The quantitative estimate of drug-likeness (QED) is 0.741. The Morgan fingerprint density at radius 2 is 2.36 bits per heavy atom. The second kappa shape index (κ2) is 3.70. The predicted octanol–water partition coefficient (Wildman–Crippen LogP) is 1.88. The Kier molecular flexibility index (Phi) is 2.39. The third kappa shape index (κ3) is 2.49. The van der Waals surface area contributed by atoms with Crippen molar-refractivity contribution in [2.75, 3.05) is 0 Å². The van der Waals surface area contributed by atoms with Crippen LogP contribution in [0, 0.1) is 6.92 Å². The average molecular weight is 191 g/mol. The minimum atomic E-state index is -0.0402. The Balaban J connectivity index is 1.88. The third-order valence-electron chi connectivity index (χ3n) is 2.08. The van der Waals surface area contributed by atoms with Gasteiger partial charge in [-0.3, -0.25) is 4.79 Å². The molecule has 0 saturated heterocycles. The number of aryl methyl sites for hydroxylation is 1. The summed E-state index contributed by atoms with van der Waals surface area (Å²) in [5, 5.41) is 2.86. The maximum Gasteiger partial charge on any atom is 0.244 e. The highest BCUT2D eigenvalue weighted by molar-refractivity contribution is 5.91. The van der Waals surface area contributed by atoms with Crippen molar-refractivity contribution in [2.24, 2.45) is 0 Å². The third-order valence-corrected chi connectivity index (χ3v) is 2.08. The second-order valence-corrected chi connectivity index (χ2v) is 3.56. The Hall–Kier alpha value is -1.51. The molecular weight excluding hydrogens is 178 g/mol. The second-order valence-electron chi connectivity index (χ2n) is 3.56. The first-order valence-corrected chi connectivity index (χ1v) is 4.79. The molecule has 1 N–H and O–H groups in total. The largest absolute Gasteiger partial charge is 0.462 e. The van der Waals surface area contributed by atoms with Gasteiger partial charge in [-0.05, 0) is 38.0 Å². The molecule has 1 fully saturated rings. The normalized spacial score (nSPS) is 16.1. The van der Waals surface area contributed by atoms with Gasteiger partial charge < -0.3 is 9.73 Å². The van der Waals surface area contributed by atoms with E-state index in [9.17, 15) is 4.79 Å². The Morgan fingerprint density at radius 1 is 1.57 bits per heavy atom. The van der Waals surface area contributed by atoms with Gasteiger partial charge in [-0.25, -0.2) is 0 Å². The minimum absolute atomic E-state index is 0.0402. The molecule has 1 aromatic heterocycles. The van der Waals surface area contributed by atoms with Gasteiger partial charge >= 0.3 is 0 Å². The van der Waals surface area contributed by atoms with Crippen LogP contribution in [0.1, 0.15) is 24.4 Å². The van der Waals surface area contributed by atoms with E-state index in [2.05, 4.69) is 5.32 Å². The fourth-order valence-electron chi connectivity index (χ4n) is 1.18. The van der Waals surface area contributed by atoms with Crippen LogP contribution >= 0.6 is 0 Å².